The Hall–Kier alpha value is -0.870. The molecule has 0 atom stereocenters. The highest BCUT2D eigenvalue weighted by molar-refractivity contribution is 14.0. The fraction of sp³-hybridized carbons (Fsp3) is 0.333. The molecule has 0 fully saturated rings. The topological polar surface area (TPSA) is 49.3 Å². The van der Waals surface area contributed by atoms with Crippen LogP contribution in [0.2, 0.25) is 0 Å². The first-order valence-corrected chi connectivity index (χ1v) is 8.85. The maximum absolute atomic E-state index is 12.8. The average Bonchev–Trinajstić information content (AvgIpc) is 3.05. The molecule has 0 saturated carbocycles. The summed E-state index contributed by atoms with van der Waals surface area (Å²) in [5.41, 5.74) is 1.02. The lowest BCUT2D eigenvalue weighted by atomic mass is 10.2. The van der Waals surface area contributed by atoms with Crippen LogP contribution in [-0.4, -0.2) is 30.3 Å². The van der Waals surface area contributed by atoms with E-state index in [9.17, 15) is 4.39 Å². The molecule has 126 valence electrons. The van der Waals surface area contributed by atoms with Crippen LogP contribution in [0.4, 0.5) is 4.39 Å². The zero-order chi connectivity index (χ0) is 15.6. The molecule has 2 rings (SSSR count). The van der Waals surface area contributed by atoms with Crippen LogP contribution in [0, 0.1) is 5.82 Å². The van der Waals surface area contributed by atoms with Gasteiger partial charge in [-0.25, -0.2) is 9.37 Å². The lowest BCUT2D eigenvalue weighted by Gasteiger charge is -2.11. The van der Waals surface area contributed by atoms with Crippen molar-refractivity contribution in [3.05, 3.63) is 47.2 Å². The standard InChI is InChI=1S/C15H19FN4S2.HI/c1-17-14(20-11-12-3-5-13(16)6-4-12)18-7-2-9-21-15-19-8-10-22-15;/h3-6,8,10H,2,7,9,11H2,1H3,(H2,17,18,20);1H. The number of thioether (sulfide) groups is 1. The van der Waals surface area contributed by atoms with Crippen LogP contribution in [-0.2, 0) is 6.54 Å². The highest BCUT2D eigenvalue weighted by Crippen LogP contribution is 2.20. The Morgan fingerprint density at radius 3 is 2.74 bits per heavy atom. The Morgan fingerprint density at radius 2 is 2.09 bits per heavy atom. The van der Waals surface area contributed by atoms with Crippen LogP contribution in [0.1, 0.15) is 12.0 Å². The van der Waals surface area contributed by atoms with E-state index in [1.54, 1.807) is 42.3 Å². The zero-order valence-electron chi connectivity index (χ0n) is 12.8. The van der Waals surface area contributed by atoms with Crippen molar-refractivity contribution in [3.8, 4) is 0 Å². The molecule has 0 aliphatic rings. The van der Waals surface area contributed by atoms with Gasteiger partial charge >= 0.3 is 0 Å². The van der Waals surface area contributed by atoms with E-state index in [1.165, 1.54) is 12.1 Å². The second kappa shape index (κ2) is 11.6. The summed E-state index contributed by atoms with van der Waals surface area (Å²) in [5, 5.41) is 8.46. The number of nitrogens with zero attached hydrogens (tertiary/aromatic N) is 2. The van der Waals surface area contributed by atoms with E-state index in [-0.39, 0.29) is 29.8 Å². The molecule has 2 N–H and O–H groups in total. The number of nitrogens with one attached hydrogen (secondary N) is 2. The summed E-state index contributed by atoms with van der Waals surface area (Å²) in [5.74, 6) is 1.56. The van der Waals surface area contributed by atoms with E-state index in [2.05, 4.69) is 20.6 Å². The quantitative estimate of drug-likeness (QED) is 0.215. The monoisotopic (exact) mass is 466 g/mol. The third-order valence-corrected chi connectivity index (χ3v) is 4.90. The summed E-state index contributed by atoms with van der Waals surface area (Å²) >= 11 is 3.44. The normalized spacial score (nSPS) is 11.0. The molecule has 1 heterocycles. The third kappa shape index (κ3) is 7.98. The van der Waals surface area contributed by atoms with Crippen molar-refractivity contribution in [2.24, 2.45) is 4.99 Å². The maximum atomic E-state index is 12.8. The molecule has 23 heavy (non-hydrogen) atoms. The number of aromatic nitrogens is 1. The molecule has 0 saturated heterocycles. The summed E-state index contributed by atoms with van der Waals surface area (Å²) in [6.45, 7) is 1.47. The van der Waals surface area contributed by atoms with Gasteiger partial charge in [0.25, 0.3) is 0 Å². The van der Waals surface area contributed by atoms with Gasteiger partial charge in [-0.15, -0.1) is 35.3 Å². The predicted octanol–water partition coefficient (Wildman–Crippen LogP) is 3.75. The number of aliphatic imine (C=N–C) groups is 1. The molecule has 2 aromatic rings. The summed E-state index contributed by atoms with van der Waals surface area (Å²) in [6, 6.07) is 6.45. The minimum absolute atomic E-state index is 0. The molecule has 8 heteroatoms. The van der Waals surface area contributed by atoms with E-state index < -0.39 is 0 Å². The number of hydrogen-bond donors (Lipinski definition) is 2. The van der Waals surface area contributed by atoms with Crippen molar-refractivity contribution in [1.82, 2.24) is 15.6 Å². The van der Waals surface area contributed by atoms with Gasteiger partial charge in [0.1, 0.15) is 10.2 Å². The van der Waals surface area contributed by atoms with Gasteiger partial charge in [0, 0.05) is 37.5 Å². The molecule has 0 aliphatic carbocycles. The molecule has 0 bridgehead atoms. The van der Waals surface area contributed by atoms with Gasteiger partial charge in [-0.05, 0) is 24.1 Å². The first kappa shape index (κ1) is 20.2. The zero-order valence-corrected chi connectivity index (χ0v) is 16.8. The largest absolute Gasteiger partial charge is 0.356 e. The Morgan fingerprint density at radius 1 is 1.30 bits per heavy atom. The Kier molecular flexibility index (Phi) is 10.2. The number of rotatable bonds is 7. The second-order valence-electron chi connectivity index (χ2n) is 4.48. The van der Waals surface area contributed by atoms with Gasteiger partial charge in [0.15, 0.2) is 5.96 Å². The molecule has 0 unspecified atom stereocenters. The van der Waals surface area contributed by atoms with Gasteiger partial charge in [-0.1, -0.05) is 23.9 Å². The highest BCUT2D eigenvalue weighted by Gasteiger charge is 2.00. The van der Waals surface area contributed by atoms with Crippen LogP contribution >= 0.6 is 47.1 Å². The lowest BCUT2D eigenvalue weighted by molar-refractivity contribution is 0.626. The van der Waals surface area contributed by atoms with Crippen LogP contribution in [0.5, 0.6) is 0 Å². The van der Waals surface area contributed by atoms with E-state index in [1.807, 2.05) is 11.6 Å². The molecular weight excluding hydrogens is 446 g/mol. The summed E-state index contributed by atoms with van der Waals surface area (Å²) < 4.78 is 13.9. The number of halogens is 2. The van der Waals surface area contributed by atoms with Gasteiger partial charge in [-0.3, -0.25) is 4.99 Å². The highest BCUT2D eigenvalue weighted by atomic mass is 127. The third-order valence-electron chi connectivity index (χ3n) is 2.85. The van der Waals surface area contributed by atoms with Crippen LogP contribution in [0.25, 0.3) is 0 Å². The van der Waals surface area contributed by atoms with E-state index in [0.717, 1.165) is 34.6 Å². The molecule has 0 amide bonds. The van der Waals surface area contributed by atoms with Crippen LogP contribution in [0.3, 0.4) is 0 Å². The summed E-state index contributed by atoms with van der Waals surface area (Å²) in [7, 11) is 1.74. The molecular formula is C15H20FIN4S2. The van der Waals surface area contributed by atoms with E-state index in [4.69, 9.17) is 0 Å². The number of guanidine groups is 1. The van der Waals surface area contributed by atoms with Gasteiger partial charge in [0.05, 0.1) is 0 Å². The lowest BCUT2D eigenvalue weighted by Crippen LogP contribution is -2.37. The first-order chi connectivity index (χ1) is 10.8. The first-order valence-electron chi connectivity index (χ1n) is 6.99. The summed E-state index contributed by atoms with van der Waals surface area (Å²) in [6.07, 6.45) is 2.86. The van der Waals surface area contributed by atoms with Crippen molar-refractivity contribution in [2.75, 3.05) is 19.3 Å². The van der Waals surface area contributed by atoms with Crippen molar-refractivity contribution in [1.29, 1.82) is 0 Å². The fourth-order valence-electron chi connectivity index (χ4n) is 1.73. The molecule has 1 aromatic heterocycles. The minimum atomic E-state index is -0.219. The van der Waals surface area contributed by atoms with Crippen molar-refractivity contribution < 1.29 is 4.39 Å². The number of thiazole rings is 1. The van der Waals surface area contributed by atoms with Crippen molar-refractivity contribution >= 4 is 53.0 Å². The minimum Gasteiger partial charge on any atom is -0.356 e. The Balaban J connectivity index is 0.00000264. The molecule has 1 aromatic carbocycles. The van der Waals surface area contributed by atoms with E-state index in [0.29, 0.717) is 6.54 Å². The predicted molar refractivity (Wildman–Crippen MR) is 107 cm³/mol. The average molecular weight is 466 g/mol. The molecule has 0 aliphatic heterocycles. The molecule has 4 nitrogen and oxygen atoms in total. The fourth-order valence-corrected chi connectivity index (χ4v) is 3.38. The van der Waals surface area contributed by atoms with Gasteiger partial charge in [-0.2, -0.15) is 0 Å². The van der Waals surface area contributed by atoms with E-state index >= 15 is 0 Å². The summed E-state index contributed by atoms with van der Waals surface area (Å²) in [4.78, 5) is 8.40. The smallest absolute Gasteiger partial charge is 0.191 e. The number of benzene rings is 1. The number of hydrogen-bond acceptors (Lipinski definition) is 4. The van der Waals surface area contributed by atoms with Crippen molar-refractivity contribution in [2.45, 2.75) is 17.3 Å². The van der Waals surface area contributed by atoms with Crippen LogP contribution < -0.4 is 10.6 Å². The SMILES string of the molecule is CN=C(NCCCSc1nccs1)NCc1ccc(F)cc1.I. The molecule has 0 radical (unpaired) electrons. The van der Waals surface area contributed by atoms with Gasteiger partial charge < -0.3 is 10.6 Å². The second-order valence-corrected chi connectivity index (χ2v) is 6.72. The molecule has 0 spiro atoms. The van der Waals surface area contributed by atoms with Gasteiger partial charge in [0.2, 0.25) is 0 Å². The van der Waals surface area contributed by atoms with Crippen LogP contribution in [0.15, 0.2) is 45.2 Å². The van der Waals surface area contributed by atoms with Crippen molar-refractivity contribution in [3.63, 3.8) is 0 Å². The Bertz CT molecular complexity index is 576. The Labute approximate surface area is 161 Å². The maximum Gasteiger partial charge on any atom is 0.191 e.